The van der Waals surface area contributed by atoms with E-state index in [-0.39, 0.29) is 33.8 Å². The molecule has 8 nitrogen and oxygen atoms in total. The van der Waals surface area contributed by atoms with E-state index < -0.39 is 11.0 Å². The topological polar surface area (TPSA) is 99.3 Å². The Balaban J connectivity index is 1.87. The molecule has 29 heavy (non-hydrogen) atoms. The van der Waals surface area contributed by atoms with Gasteiger partial charge in [0.25, 0.3) is 5.69 Å². The van der Waals surface area contributed by atoms with Crippen LogP contribution >= 0.6 is 23.2 Å². The van der Waals surface area contributed by atoms with Gasteiger partial charge in [0.2, 0.25) is 5.91 Å². The summed E-state index contributed by atoms with van der Waals surface area (Å²) in [6.45, 7) is 3.50. The molecule has 0 spiro atoms. The van der Waals surface area contributed by atoms with E-state index in [4.69, 9.17) is 27.9 Å². The number of aryl methyl sites for hydroxylation is 1. The van der Waals surface area contributed by atoms with Crippen LogP contribution in [-0.4, -0.2) is 20.6 Å². The average molecular weight is 435 g/mol. The summed E-state index contributed by atoms with van der Waals surface area (Å²) in [6, 6.07) is 9.74. The minimum absolute atomic E-state index is 0.140. The van der Waals surface area contributed by atoms with Gasteiger partial charge in [-0.25, -0.2) is 0 Å². The number of anilines is 1. The Hall–Kier alpha value is -3.10. The number of amides is 1. The Labute approximate surface area is 176 Å². The zero-order chi connectivity index (χ0) is 21.1. The monoisotopic (exact) mass is 434 g/mol. The van der Waals surface area contributed by atoms with Gasteiger partial charge in [0.05, 0.1) is 21.7 Å². The number of hydrogen-bond donors (Lipinski definition) is 1. The largest absolute Gasteiger partial charge is 0.455 e. The van der Waals surface area contributed by atoms with Crippen molar-refractivity contribution in [3.05, 3.63) is 74.5 Å². The van der Waals surface area contributed by atoms with Crippen molar-refractivity contribution in [2.45, 2.75) is 19.9 Å². The van der Waals surface area contributed by atoms with Gasteiger partial charge in [-0.05, 0) is 38.1 Å². The number of carbonyl (C=O) groups excluding carboxylic acids is 1. The molecule has 1 unspecified atom stereocenters. The number of rotatable bonds is 6. The van der Waals surface area contributed by atoms with Crippen LogP contribution in [0.5, 0.6) is 11.5 Å². The first-order chi connectivity index (χ1) is 13.7. The number of nitro groups is 1. The van der Waals surface area contributed by atoms with E-state index in [1.54, 1.807) is 36.0 Å². The molecule has 150 valence electrons. The lowest BCUT2D eigenvalue weighted by Gasteiger charge is -2.15. The summed E-state index contributed by atoms with van der Waals surface area (Å²) in [5.74, 6) is 0.0313. The number of ether oxygens (including phenoxy) is 1. The van der Waals surface area contributed by atoms with Crippen LogP contribution in [0.2, 0.25) is 10.0 Å². The van der Waals surface area contributed by atoms with Crippen LogP contribution in [0.15, 0.2) is 48.7 Å². The molecule has 0 aliphatic heterocycles. The van der Waals surface area contributed by atoms with Crippen LogP contribution in [0.25, 0.3) is 0 Å². The van der Waals surface area contributed by atoms with Gasteiger partial charge in [-0.1, -0.05) is 23.2 Å². The second kappa shape index (κ2) is 8.50. The highest BCUT2D eigenvalue weighted by Gasteiger charge is 2.19. The Morgan fingerprint density at radius 3 is 2.62 bits per heavy atom. The predicted octanol–water partition coefficient (Wildman–Crippen LogP) is 5.40. The second-order valence-electron chi connectivity index (χ2n) is 6.23. The van der Waals surface area contributed by atoms with Gasteiger partial charge < -0.3 is 10.1 Å². The summed E-state index contributed by atoms with van der Waals surface area (Å²) in [7, 11) is 0. The minimum Gasteiger partial charge on any atom is -0.455 e. The lowest BCUT2D eigenvalue weighted by atomic mass is 10.2. The molecule has 1 amide bonds. The number of nitrogens with one attached hydrogen (secondary N) is 1. The zero-order valence-corrected chi connectivity index (χ0v) is 16.9. The van der Waals surface area contributed by atoms with Crippen molar-refractivity contribution in [3.8, 4) is 11.5 Å². The summed E-state index contributed by atoms with van der Waals surface area (Å²) >= 11 is 12.0. The molecule has 0 radical (unpaired) electrons. The third-order valence-corrected chi connectivity index (χ3v) is 4.64. The molecule has 0 bridgehead atoms. The van der Waals surface area contributed by atoms with Crippen molar-refractivity contribution in [1.82, 2.24) is 9.78 Å². The number of halogens is 2. The van der Waals surface area contributed by atoms with Crippen molar-refractivity contribution < 1.29 is 14.5 Å². The molecule has 0 fully saturated rings. The average Bonchev–Trinajstić information content (AvgIpc) is 3.09. The quantitative estimate of drug-likeness (QED) is 0.413. The number of nitrogens with zero attached hydrogens (tertiary/aromatic N) is 3. The molecule has 0 saturated carbocycles. The summed E-state index contributed by atoms with van der Waals surface area (Å²) in [6.07, 6.45) is 1.59. The maximum Gasteiger partial charge on any atom is 0.275 e. The highest BCUT2D eigenvalue weighted by atomic mass is 35.5. The molecule has 1 atom stereocenters. The summed E-state index contributed by atoms with van der Waals surface area (Å²) < 4.78 is 7.22. The second-order valence-corrected chi connectivity index (χ2v) is 7.08. The summed E-state index contributed by atoms with van der Waals surface area (Å²) in [5, 5.41) is 18.8. The highest BCUT2D eigenvalue weighted by Crippen LogP contribution is 2.34. The van der Waals surface area contributed by atoms with Crippen LogP contribution in [0, 0.1) is 17.0 Å². The van der Waals surface area contributed by atoms with Crippen molar-refractivity contribution in [3.63, 3.8) is 0 Å². The van der Waals surface area contributed by atoms with Crippen LogP contribution in [-0.2, 0) is 4.79 Å². The van der Waals surface area contributed by atoms with Gasteiger partial charge in [-0.3, -0.25) is 19.6 Å². The molecule has 2 aromatic carbocycles. The minimum atomic E-state index is -0.612. The molecule has 1 aromatic heterocycles. The highest BCUT2D eigenvalue weighted by molar-refractivity contribution is 6.35. The number of nitro benzene ring substituents is 1. The maximum absolute atomic E-state index is 12.6. The molecule has 10 heteroatoms. The lowest BCUT2D eigenvalue weighted by Crippen LogP contribution is -2.25. The van der Waals surface area contributed by atoms with E-state index >= 15 is 0 Å². The van der Waals surface area contributed by atoms with Crippen LogP contribution in [0.3, 0.4) is 0 Å². The molecule has 3 aromatic rings. The number of aromatic nitrogens is 2. The Morgan fingerprint density at radius 1 is 1.24 bits per heavy atom. The van der Waals surface area contributed by atoms with Gasteiger partial charge >= 0.3 is 0 Å². The molecule has 0 aliphatic rings. The predicted molar refractivity (Wildman–Crippen MR) is 110 cm³/mol. The first-order valence-corrected chi connectivity index (χ1v) is 9.23. The number of non-ortho nitro benzene ring substituents is 1. The van der Waals surface area contributed by atoms with E-state index in [0.717, 1.165) is 5.69 Å². The van der Waals surface area contributed by atoms with E-state index in [1.807, 2.05) is 6.92 Å². The SMILES string of the molecule is Cc1ccnn1C(C)C(=O)Nc1cc(Oc2ccc(Cl)cc2Cl)cc([N+](=O)[O-])c1. The van der Waals surface area contributed by atoms with Gasteiger partial charge in [0.1, 0.15) is 17.5 Å². The van der Waals surface area contributed by atoms with E-state index in [2.05, 4.69) is 10.4 Å². The summed E-state index contributed by atoms with van der Waals surface area (Å²) in [4.78, 5) is 23.3. The third kappa shape index (κ3) is 4.85. The fraction of sp³-hybridized carbons (Fsp3) is 0.158. The molecule has 0 aliphatic carbocycles. The van der Waals surface area contributed by atoms with Crippen LogP contribution < -0.4 is 10.1 Å². The van der Waals surface area contributed by atoms with E-state index in [1.165, 1.54) is 24.3 Å². The summed E-state index contributed by atoms with van der Waals surface area (Å²) in [5.41, 5.74) is 0.778. The fourth-order valence-electron chi connectivity index (χ4n) is 2.65. The standard InChI is InChI=1S/C19H16Cl2N4O4/c1-11-5-6-22-24(11)12(2)19(26)23-14-8-15(25(27)28)10-16(9-14)29-18-4-3-13(20)7-17(18)21/h3-10,12H,1-2H3,(H,23,26). The van der Waals surface area contributed by atoms with E-state index in [9.17, 15) is 14.9 Å². The van der Waals surface area contributed by atoms with Gasteiger partial charge in [-0.2, -0.15) is 5.10 Å². The smallest absolute Gasteiger partial charge is 0.275 e. The number of hydrogen-bond acceptors (Lipinski definition) is 5. The fourth-order valence-corrected chi connectivity index (χ4v) is 3.10. The Bertz CT molecular complexity index is 1080. The molecule has 1 heterocycles. The number of carbonyl (C=O) groups is 1. The molecular weight excluding hydrogens is 419 g/mol. The lowest BCUT2D eigenvalue weighted by molar-refractivity contribution is -0.384. The van der Waals surface area contributed by atoms with Crippen molar-refractivity contribution >= 4 is 40.5 Å². The number of benzene rings is 2. The molecule has 3 rings (SSSR count). The van der Waals surface area contributed by atoms with E-state index in [0.29, 0.717) is 5.02 Å². The molecular formula is C19H16Cl2N4O4. The third-order valence-electron chi connectivity index (χ3n) is 4.11. The first-order valence-electron chi connectivity index (χ1n) is 8.48. The van der Waals surface area contributed by atoms with Crippen LogP contribution in [0.1, 0.15) is 18.7 Å². The van der Waals surface area contributed by atoms with Gasteiger partial charge in [-0.15, -0.1) is 0 Å². The normalized spacial score (nSPS) is 11.7. The van der Waals surface area contributed by atoms with Gasteiger partial charge in [0.15, 0.2) is 0 Å². The first kappa shape index (κ1) is 20.6. The molecule has 0 saturated heterocycles. The van der Waals surface area contributed by atoms with Crippen LogP contribution in [0.4, 0.5) is 11.4 Å². The zero-order valence-electron chi connectivity index (χ0n) is 15.4. The van der Waals surface area contributed by atoms with Crippen molar-refractivity contribution in [2.24, 2.45) is 0 Å². The maximum atomic E-state index is 12.6. The van der Waals surface area contributed by atoms with Crippen molar-refractivity contribution in [2.75, 3.05) is 5.32 Å². The Morgan fingerprint density at radius 2 is 2.00 bits per heavy atom. The van der Waals surface area contributed by atoms with Gasteiger partial charge in [0, 0.05) is 29.0 Å². The van der Waals surface area contributed by atoms with Crippen molar-refractivity contribution in [1.29, 1.82) is 0 Å². The Kier molecular flexibility index (Phi) is 6.05. The molecule has 1 N–H and O–H groups in total.